The van der Waals surface area contributed by atoms with Gasteiger partial charge in [0.05, 0.1) is 5.56 Å². The minimum atomic E-state index is -0.519. The van der Waals surface area contributed by atoms with E-state index in [2.05, 4.69) is 5.32 Å². The fourth-order valence-electron chi connectivity index (χ4n) is 2.23. The normalized spacial score (nSPS) is 16.6. The van der Waals surface area contributed by atoms with Gasteiger partial charge in [-0.25, -0.2) is 4.39 Å². The van der Waals surface area contributed by atoms with Crippen molar-refractivity contribution in [1.82, 2.24) is 10.2 Å². The summed E-state index contributed by atoms with van der Waals surface area (Å²) in [5, 5.41) is 12.8. The SMILES string of the molecule is CN(C(=O)c1cc(F)ccc1O)C1CCNCC1. The standard InChI is InChI=1S/C13H17FN2O2/c1-16(10-4-6-15-7-5-10)13(18)11-8-9(14)2-3-12(11)17/h2-3,8,10,15,17H,4-7H2,1H3. The number of rotatable bonds is 2. The molecule has 1 aliphatic heterocycles. The second-order valence-electron chi connectivity index (χ2n) is 4.56. The van der Waals surface area contributed by atoms with Crippen LogP contribution in [0.2, 0.25) is 0 Å². The summed E-state index contributed by atoms with van der Waals surface area (Å²) in [5.74, 6) is -1.03. The van der Waals surface area contributed by atoms with Gasteiger partial charge in [0.2, 0.25) is 0 Å². The number of carbonyl (C=O) groups is 1. The van der Waals surface area contributed by atoms with Crippen LogP contribution >= 0.6 is 0 Å². The second-order valence-corrected chi connectivity index (χ2v) is 4.56. The molecule has 1 amide bonds. The Hall–Kier alpha value is -1.62. The van der Waals surface area contributed by atoms with E-state index >= 15 is 0 Å². The highest BCUT2D eigenvalue weighted by Crippen LogP contribution is 2.21. The molecule has 0 radical (unpaired) electrons. The topological polar surface area (TPSA) is 52.6 Å². The maximum absolute atomic E-state index is 13.1. The number of amides is 1. The molecule has 2 N–H and O–H groups in total. The Kier molecular flexibility index (Phi) is 3.81. The molecule has 98 valence electrons. The Balaban J connectivity index is 2.16. The van der Waals surface area contributed by atoms with Crippen LogP contribution in [0.4, 0.5) is 4.39 Å². The van der Waals surface area contributed by atoms with Gasteiger partial charge in [-0.05, 0) is 44.1 Å². The number of phenols is 1. The number of nitrogens with zero attached hydrogens (tertiary/aromatic N) is 1. The van der Waals surface area contributed by atoms with Crippen molar-refractivity contribution in [2.24, 2.45) is 0 Å². The molecule has 4 nitrogen and oxygen atoms in total. The molecule has 0 bridgehead atoms. The number of halogens is 1. The Labute approximate surface area is 105 Å². The number of benzene rings is 1. The van der Waals surface area contributed by atoms with Crippen molar-refractivity contribution in [3.05, 3.63) is 29.6 Å². The van der Waals surface area contributed by atoms with Crippen LogP contribution < -0.4 is 5.32 Å². The number of phenolic OH excluding ortho intramolecular Hbond substituents is 1. The molecule has 1 saturated heterocycles. The van der Waals surface area contributed by atoms with E-state index in [4.69, 9.17) is 0 Å². The van der Waals surface area contributed by atoms with Gasteiger partial charge in [0.15, 0.2) is 0 Å². The van der Waals surface area contributed by atoms with Crippen LogP contribution in [0.5, 0.6) is 5.75 Å². The van der Waals surface area contributed by atoms with Crippen LogP contribution in [0.3, 0.4) is 0 Å². The minimum Gasteiger partial charge on any atom is -0.507 e. The molecule has 0 atom stereocenters. The van der Waals surface area contributed by atoms with E-state index in [1.807, 2.05) is 0 Å². The van der Waals surface area contributed by atoms with Crippen molar-refractivity contribution < 1.29 is 14.3 Å². The first-order chi connectivity index (χ1) is 8.59. The first-order valence-electron chi connectivity index (χ1n) is 6.06. The molecule has 1 aromatic carbocycles. The van der Waals surface area contributed by atoms with Crippen LogP contribution in [0.1, 0.15) is 23.2 Å². The lowest BCUT2D eigenvalue weighted by molar-refractivity contribution is 0.0699. The summed E-state index contributed by atoms with van der Waals surface area (Å²) in [4.78, 5) is 13.8. The highest BCUT2D eigenvalue weighted by Gasteiger charge is 2.24. The van der Waals surface area contributed by atoms with E-state index in [0.717, 1.165) is 38.1 Å². The van der Waals surface area contributed by atoms with Crippen molar-refractivity contribution in [2.75, 3.05) is 20.1 Å². The second kappa shape index (κ2) is 5.35. The molecule has 0 aliphatic carbocycles. The molecule has 18 heavy (non-hydrogen) atoms. The smallest absolute Gasteiger partial charge is 0.257 e. The molecule has 1 aromatic rings. The zero-order valence-electron chi connectivity index (χ0n) is 10.3. The van der Waals surface area contributed by atoms with Gasteiger partial charge < -0.3 is 15.3 Å². The number of carbonyl (C=O) groups excluding carboxylic acids is 1. The van der Waals surface area contributed by atoms with Crippen molar-refractivity contribution in [1.29, 1.82) is 0 Å². The summed E-state index contributed by atoms with van der Waals surface area (Å²) < 4.78 is 13.1. The molecule has 5 heteroatoms. The van der Waals surface area contributed by atoms with Gasteiger partial charge in [0.25, 0.3) is 5.91 Å². The molecule has 1 heterocycles. The number of hydrogen-bond donors (Lipinski definition) is 2. The molecular weight excluding hydrogens is 235 g/mol. The lowest BCUT2D eigenvalue weighted by atomic mass is 10.0. The molecule has 1 fully saturated rings. The van der Waals surface area contributed by atoms with Crippen LogP contribution in [-0.2, 0) is 0 Å². The van der Waals surface area contributed by atoms with Gasteiger partial charge in [-0.3, -0.25) is 4.79 Å². The summed E-state index contributed by atoms with van der Waals surface area (Å²) >= 11 is 0. The van der Waals surface area contributed by atoms with Crippen LogP contribution in [0, 0.1) is 5.82 Å². The molecule has 0 saturated carbocycles. The summed E-state index contributed by atoms with van der Waals surface area (Å²) in [6, 6.07) is 3.56. The zero-order chi connectivity index (χ0) is 13.1. The third-order valence-electron chi connectivity index (χ3n) is 3.37. The maximum Gasteiger partial charge on any atom is 0.257 e. The van der Waals surface area contributed by atoms with Crippen molar-refractivity contribution in [2.45, 2.75) is 18.9 Å². The predicted octanol–water partition coefficient (Wildman–Crippen LogP) is 1.36. The monoisotopic (exact) mass is 252 g/mol. The molecular formula is C13H17FN2O2. The van der Waals surface area contributed by atoms with Gasteiger partial charge in [-0.2, -0.15) is 0 Å². The fourth-order valence-corrected chi connectivity index (χ4v) is 2.23. The average Bonchev–Trinajstić information content (AvgIpc) is 2.41. The maximum atomic E-state index is 13.1. The zero-order valence-corrected chi connectivity index (χ0v) is 10.3. The van der Waals surface area contributed by atoms with E-state index in [9.17, 15) is 14.3 Å². The van der Waals surface area contributed by atoms with Crippen molar-refractivity contribution >= 4 is 5.91 Å². The lowest BCUT2D eigenvalue weighted by Crippen LogP contribution is -2.44. The first kappa shape index (κ1) is 12.8. The third-order valence-corrected chi connectivity index (χ3v) is 3.37. The fraction of sp³-hybridized carbons (Fsp3) is 0.462. The van der Waals surface area contributed by atoms with Crippen LogP contribution in [-0.4, -0.2) is 42.1 Å². The van der Waals surface area contributed by atoms with E-state index < -0.39 is 5.82 Å². The third kappa shape index (κ3) is 2.61. The first-order valence-corrected chi connectivity index (χ1v) is 6.06. The van der Waals surface area contributed by atoms with Gasteiger partial charge in [-0.1, -0.05) is 0 Å². The van der Waals surface area contributed by atoms with Gasteiger partial charge in [0, 0.05) is 13.1 Å². The lowest BCUT2D eigenvalue weighted by Gasteiger charge is -2.31. The van der Waals surface area contributed by atoms with Crippen LogP contribution in [0.25, 0.3) is 0 Å². The summed E-state index contributed by atoms with van der Waals surface area (Å²) in [6.07, 6.45) is 1.75. The van der Waals surface area contributed by atoms with E-state index in [0.29, 0.717) is 0 Å². The number of piperidine rings is 1. The quantitative estimate of drug-likeness (QED) is 0.835. The molecule has 2 rings (SSSR count). The Morgan fingerprint density at radius 2 is 2.11 bits per heavy atom. The van der Waals surface area contributed by atoms with Crippen LogP contribution in [0.15, 0.2) is 18.2 Å². The molecule has 0 unspecified atom stereocenters. The van der Waals surface area contributed by atoms with E-state index in [1.54, 1.807) is 11.9 Å². The number of hydrogen-bond acceptors (Lipinski definition) is 3. The van der Waals surface area contributed by atoms with Gasteiger partial charge >= 0.3 is 0 Å². The van der Waals surface area contributed by atoms with Gasteiger partial charge in [0.1, 0.15) is 11.6 Å². The Morgan fingerprint density at radius 3 is 2.78 bits per heavy atom. The highest BCUT2D eigenvalue weighted by molar-refractivity contribution is 5.96. The predicted molar refractivity (Wildman–Crippen MR) is 66.1 cm³/mol. The highest BCUT2D eigenvalue weighted by atomic mass is 19.1. The van der Waals surface area contributed by atoms with Crippen molar-refractivity contribution in [3.63, 3.8) is 0 Å². The van der Waals surface area contributed by atoms with Crippen molar-refractivity contribution in [3.8, 4) is 5.75 Å². The molecule has 1 aliphatic rings. The minimum absolute atomic E-state index is 0.0241. The van der Waals surface area contributed by atoms with E-state index in [-0.39, 0.29) is 23.3 Å². The summed E-state index contributed by atoms with van der Waals surface area (Å²) in [5.41, 5.74) is 0.0241. The largest absolute Gasteiger partial charge is 0.507 e. The average molecular weight is 252 g/mol. The van der Waals surface area contributed by atoms with Gasteiger partial charge in [-0.15, -0.1) is 0 Å². The Bertz CT molecular complexity index is 445. The Morgan fingerprint density at radius 1 is 1.44 bits per heavy atom. The van der Waals surface area contributed by atoms with E-state index in [1.165, 1.54) is 6.07 Å². The summed E-state index contributed by atoms with van der Waals surface area (Å²) in [7, 11) is 1.70. The molecule has 0 spiro atoms. The summed E-state index contributed by atoms with van der Waals surface area (Å²) in [6.45, 7) is 1.74. The number of nitrogens with one attached hydrogen (secondary N) is 1. The molecule has 0 aromatic heterocycles. The number of aromatic hydroxyl groups is 1.